The van der Waals surface area contributed by atoms with Crippen LogP contribution in [0.15, 0.2) is 109 Å². The largest absolute Gasteiger partial charge is 0.465 e. The van der Waals surface area contributed by atoms with Crippen molar-refractivity contribution in [2.45, 2.75) is 6.54 Å². The van der Waals surface area contributed by atoms with Crippen molar-refractivity contribution in [1.29, 1.82) is 0 Å². The summed E-state index contributed by atoms with van der Waals surface area (Å²) >= 11 is 0. The zero-order chi connectivity index (χ0) is 26.7. The Labute approximate surface area is 222 Å². The van der Waals surface area contributed by atoms with Gasteiger partial charge in [0.15, 0.2) is 0 Å². The van der Waals surface area contributed by atoms with Gasteiger partial charge in [-0.1, -0.05) is 91.0 Å². The highest BCUT2D eigenvalue weighted by atomic mass is 32.2. The lowest BCUT2D eigenvalue weighted by Crippen LogP contribution is -2.30. The molecule has 0 radical (unpaired) electrons. The van der Waals surface area contributed by atoms with E-state index in [4.69, 9.17) is 9.72 Å². The first-order chi connectivity index (χ1) is 18.4. The summed E-state index contributed by atoms with van der Waals surface area (Å²) in [5, 5.41) is 0.709. The molecule has 0 unspecified atom stereocenters. The molecule has 0 spiro atoms. The Balaban J connectivity index is 1.87. The van der Waals surface area contributed by atoms with Crippen LogP contribution in [0.5, 0.6) is 0 Å². The maximum absolute atomic E-state index is 13.4. The number of rotatable bonds is 7. The second-order valence-electron chi connectivity index (χ2n) is 8.89. The Morgan fingerprint density at radius 3 is 2.03 bits per heavy atom. The molecule has 5 aromatic rings. The molecule has 5 rings (SSSR count). The molecule has 190 valence electrons. The second kappa shape index (κ2) is 10.5. The van der Waals surface area contributed by atoms with Crippen LogP contribution in [0.1, 0.15) is 15.9 Å². The molecule has 0 fully saturated rings. The van der Waals surface area contributed by atoms with Crippen molar-refractivity contribution in [1.82, 2.24) is 4.98 Å². The summed E-state index contributed by atoms with van der Waals surface area (Å²) in [5.74, 6) is -0.446. The molecular formula is C31H26N2O4S. The third-order valence-electron chi connectivity index (χ3n) is 6.33. The van der Waals surface area contributed by atoms with Crippen molar-refractivity contribution in [2.75, 3.05) is 17.7 Å². The van der Waals surface area contributed by atoms with Crippen LogP contribution in [0.25, 0.3) is 33.3 Å². The van der Waals surface area contributed by atoms with Crippen molar-refractivity contribution in [3.8, 4) is 22.4 Å². The molecule has 0 atom stereocenters. The van der Waals surface area contributed by atoms with E-state index in [1.54, 1.807) is 24.3 Å². The molecule has 0 saturated carbocycles. The molecule has 0 N–H and O–H groups in total. The predicted octanol–water partition coefficient (Wildman–Crippen LogP) is 6.32. The fourth-order valence-corrected chi connectivity index (χ4v) is 5.44. The third-order valence-corrected chi connectivity index (χ3v) is 7.44. The van der Waals surface area contributed by atoms with E-state index in [0.717, 1.165) is 16.7 Å². The summed E-state index contributed by atoms with van der Waals surface area (Å²) in [5.41, 5.74) is 5.35. The highest BCUT2D eigenvalue weighted by Crippen LogP contribution is 2.44. The molecule has 1 heterocycles. The van der Waals surface area contributed by atoms with Crippen molar-refractivity contribution in [2.24, 2.45) is 0 Å². The van der Waals surface area contributed by atoms with Gasteiger partial charge in [0.1, 0.15) is 0 Å². The third kappa shape index (κ3) is 5.01. The van der Waals surface area contributed by atoms with E-state index >= 15 is 0 Å². The number of hydrogen-bond acceptors (Lipinski definition) is 5. The van der Waals surface area contributed by atoms with Gasteiger partial charge in [-0.05, 0) is 29.3 Å². The number of anilines is 1. The Morgan fingerprint density at radius 1 is 0.789 bits per heavy atom. The number of hydrogen-bond donors (Lipinski definition) is 0. The summed E-state index contributed by atoms with van der Waals surface area (Å²) in [4.78, 5) is 17.1. The predicted molar refractivity (Wildman–Crippen MR) is 151 cm³/mol. The lowest BCUT2D eigenvalue weighted by atomic mass is 9.94. The topological polar surface area (TPSA) is 76.6 Å². The first-order valence-corrected chi connectivity index (χ1v) is 13.9. The van der Waals surface area contributed by atoms with Crippen LogP contribution in [0.3, 0.4) is 0 Å². The van der Waals surface area contributed by atoms with Crippen molar-refractivity contribution in [3.05, 3.63) is 120 Å². The van der Waals surface area contributed by atoms with Crippen molar-refractivity contribution < 1.29 is 17.9 Å². The van der Waals surface area contributed by atoms with E-state index in [0.29, 0.717) is 33.4 Å². The first-order valence-electron chi connectivity index (χ1n) is 12.1. The van der Waals surface area contributed by atoms with E-state index in [1.807, 2.05) is 84.9 Å². The van der Waals surface area contributed by atoms with Crippen LogP contribution in [0.2, 0.25) is 0 Å². The molecule has 0 aliphatic rings. The maximum atomic E-state index is 13.4. The standard InChI is InChI=1S/C31H26N2O4S/c1-37-31(34)25-19-17-23(18-20-25)28-29(24-13-7-4-8-14-24)32-27-16-10-9-15-26(27)30(28)33(38(2,35)36)21-22-11-5-3-6-12-22/h3-20H,21H2,1-2H3. The molecule has 7 heteroatoms. The lowest BCUT2D eigenvalue weighted by Gasteiger charge is -2.28. The molecule has 0 saturated heterocycles. The Morgan fingerprint density at radius 2 is 1.39 bits per heavy atom. The van der Waals surface area contributed by atoms with Crippen LogP contribution < -0.4 is 4.31 Å². The Bertz CT molecular complexity index is 1700. The van der Waals surface area contributed by atoms with E-state index in [2.05, 4.69) is 0 Å². The van der Waals surface area contributed by atoms with Gasteiger partial charge < -0.3 is 4.74 Å². The smallest absolute Gasteiger partial charge is 0.337 e. The highest BCUT2D eigenvalue weighted by molar-refractivity contribution is 7.92. The van der Waals surface area contributed by atoms with Crippen LogP contribution in [-0.4, -0.2) is 32.7 Å². The molecule has 0 amide bonds. The van der Waals surface area contributed by atoms with Gasteiger partial charge in [0, 0.05) is 16.5 Å². The van der Waals surface area contributed by atoms with Crippen LogP contribution in [0.4, 0.5) is 5.69 Å². The van der Waals surface area contributed by atoms with E-state index in [9.17, 15) is 13.2 Å². The minimum atomic E-state index is -3.73. The van der Waals surface area contributed by atoms with Gasteiger partial charge in [-0.25, -0.2) is 18.2 Å². The maximum Gasteiger partial charge on any atom is 0.337 e. The van der Waals surface area contributed by atoms with Gasteiger partial charge in [0.05, 0.1) is 42.4 Å². The van der Waals surface area contributed by atoms with E-state index in [1.165, 1.54) is 17.7 Å². The number of pyridine rings is 1. The van der Waals surface area contributed by atoms with Crippen molar-refractivity contribution >= 4 is 32.6 Å². The Hall–Kier alpha value is -4.49. The average molecular weight is 523 g/mol. The quantitative estimate of drug-likeness (QED) is 0.234. The summed E-state index contributed by atoms with van der Waals surface area (Å²) < 4.78 is 33.2. The molecule has 6 nitrogen and oxygen atoms in total. The molecule has 0 bridgehead atoms. The molecule has 38 heavy (non-hydrogen) atoms. The number of carbonyl (C=O) groups excluding carboxylic acids is 1. The normalized spacial score (nSPS) is 11.3. The van der Waals surface area contributed by atoms with Crippen LogP contribution in [-0.2, 0) is 21.3 Å². The number of methoxy groups -OCH3 is 1. The molecule has 0 aliphatic carbocycles. The monoisotopic (exact) mass is 522 g/mol. The zero-order valence-electron chi connectivity index (χ0n) is 21.0. The minimum Gasteiger partial charge on any atom is -0.465 e. The number of sulfonamides is 1. The number of para-hydroxylation sites is 1. The van der Waals surface area contributed by atoms with Gasteiger partial charge in [-0.15, -0.1) is 0 Å². The molecule has 4 aromatic carbocycles. The number of ether oxygens (including phenoxy) is 1. The number of aromatic nitrogens is 1. The molecule has 1 aromatic heterocycles. The van der Waals surface area contributed by atoms with E-state index in [-0.39, 0.29) is 6.54 Å². The fourth-order valence-electron chi connectivity index (χ4n) is 4.53. The Kier molecular flexibility index (Phi) is 6.94. The summed E-state index contributed by atoms with van der Waals surface area (Å²) in [6, 6.07) is 33.7. The number of fused-ring (bicyclic) bond motifs is 1. The van der Waals surface area contributed by atoms with Gasteiger partial charge >= 0.3 is 5.97 Å². The summed E-state index contributed by atoms with van der Waals surface area (Å²) in [7, 11) is -2.40. The number of carbonyl (C=O) groups is 1. The number of nitrogens with zero attached hydrogens (tertiary/aromatic N) is 2. The number of esters is 1. The second-order valence-corrected chi connectivity index (χ2v) is 10.8. The SMILES string of the molecule is COC(=O)c1ccc(-c2c(-c3ccccc3)nc3ccccc3c2N(Cc2ccccc2)S(C)(=O)=O)cc1. The zero-order valence-corrected chi connectivity index (χ0v) is 21.9. The van der Waals surface area contributed by atoms with Crippen molar-refractivity contribution in [3.63, 3.8) is 0 Å². The van der Waals surface area contributed by atoms with Crippen LogP contribution >= 0.6 is 0 Å². The molecule has 0 aliphatic heterocycles. The highest BCUT2D eigenvalue weighted by Gasteiger charge is 2.27. The van der Waals surface area contributed by atoms with Gasteiger partial charge in [0.2, 0.25) is 10.0 Å². The van der Waals surface area contributed by atoms with Gasteiger partial charge in [0.25, 0.3) is 0 Å². The first kappa shape index (κ1) is 25.2. The minimum absolute atomic E-state index is 0.148. The summed E-state index contributed by atoms with van der Waals surface area (Å²) in [6.45, 7) is 0.148. The molecular weight excluding hydrogens is 496 g/mol. The lowest BCUT2D eigenvalue weighted by molar-refractivity contribution is 0.0600. The van der Waals surface area contributed by atoms with Gasteiger partial charge in [-0.2, -0.15) is 0 Å². The van der Waals surface area contributed by atoms with E-state index < -0.39 is 16.0 Å². The fraction of sp³-hybridized carbons (Fsp3) is 0.0968. The summed E-state index contributed by atoms with van der Waals surface area (Å²) in [6.07, 6.45) is 1.22. The van der Waals surface area contributed by atoms with Gasteiger partial charge in [-0.3, -0.25) is 4.31 Å². The number of benzene rings is 4. The average Bonchev–Trinajstić information content (AvgIpc) is 2.95. The van der Waals surface area contributed by atoms with Crippen LogP contribution in [0, 0.1) is 0 Å².